The maximum Gasteiger partial charge on any atom is 0.245 e. The van der Waals surface area contributed by atoms with Gasteiger partial charge in [-0.25, -0.2) is 0 Å². The number of rotatable bonds is 2. The zero-order valence-corrected chi connectivity index (χ0v) is 10.7. The van der Waals surface area contributed by atoms with Gasteiger partial charge in [-0.05, 0) is 6.92 Å². The van der Waals surface area contributed by atoms with Crippen LogP contribution < -0.4 is 15.6 Å². The first-order chi connectivity index (χ1) is 9.24. The van der Waals surface area contributed by atoms with Crippen LogP contribution in [0.1, 0.15) is 5.69 Å². The molecule has 100 valence electrons. The topological polar surface area (TPSA) is 89.7 Å². The number of aromatic nitrogens is 4. The van der Waals surface area contributed by atoms with Crippen LogP contribution in [0.25, 0.3) is 11.4 Å². The highest BCUT2D eigenvalue weighted by molar-refractivity contribution is 5.55. The van der Waals surface area contributed by atoms with Crippen molar-refractivity contribution in [2.75, 3.05) is 31.1 Å². The Labute approximate surface area is 110 Å². The zero-order valence-electron chi connectivity index (χ0n) is 10.7. The molecule has 1 fully saturated rings. The van der Waals surface area contributed by atoms with E-state index in [0.29, 0.717) is 17.3 Å². The molecule has 7 nitrogen and oxygen atoms in total. The molecule has 0 aromatic carbocycles. The number of aryl methyl sites for hydroxylation is 1. The Balaban J connectivity index is 1.90. The quantitative estimate of drug-likeness (QED) is 0.700. The fraction of sp³-hybridized carbons (Fsp3) is 0.417. The van der Waals surface area contributed by atoms with E-state index in [0.717, 1.165) is 31.9 Å². The molecule has 0 radical (unpaired) electrons. The van der Waals surface area contributed by atoms with Gasteiger partial charge in [0.15, 0.2) is 11.3 Å². The second-order valence-electron chi connectivity index (χ2n) is 4.62. The fourth-order valence-corrected chi connectivity index (χ4v) is 2.14. The molecule has 19 heavy (non-hydrogen) atoms. The molecule has 0 bridgehead atoms. The van der Waals surface area contributed by atoms with E-state index in [2.05, 4.69) is 30.4 Å². The monoisotopic (exact) mass is 260 g/mol. The highest BCUT2D eigenvalue weighted by Gasteiger charge is 2.16. The second-order valence-corrected chi connectivity index (χ2v) is 4.62. The van der Waals surface area contributed by atoms with E-state index in [-0.39, 0.29) is 5.43 Å². The molecule has 0 unspecified atom stereocenters. The van der Waals surface area contributed by atoms with Gasteiger partial charge in [-0.15, -0.1) is 5.10 Å². The molecule has 3 heterocycles. The molecule has 0 amide bonds. The van der Waals surface area contributed by atoms with Gasteiger partial charge in [0.25, 0.3) is 0 Å². The van der Waals surface area contributed by atoms with Gasteiger partial charge in [0.05, 0.1) is 5.56 Å². The molecule has 7 heteroatoms. The minimum atomic E-state index is -0.0562. The van der Waals surface area contributed by atoms with Crippen molar-refractivity contribution in [1.29, 1.82) is 0 Å². The predicted molar refractivity (Wildman–Crippen MR) is 72.3 cm³/mol. The number of hydrogen-bond acceptors (Lipinski definition) is 5. The number of nitrogens with zero attached hydrogens (tertiary/aromatic N) is 3. The highest BCUT2D eigenvalue weighted by Crippen LogP contribution is 2.14. The lowest BCUT2D eigenvalue weighted by atomic mass is 10.2. The molecule has 3 N–H and O–H groups in total. The summed E-state index contributed by atoms with van der Waals surface area (Å²) >= 11 is 0. The minimum absolute atomic E-state index is 0.0562. The van der Waals surface area contributed by atoms with Crippen LogP contribution in [0.4, 0.5) is 5.95 Å². The van der Waals surface area contributed by atoms with E-state index >= 15 is 0 Å². The summed E-state index contributed by atoms with van der Waals surface area (Å²) in [5, 5.41) is 10.3. The normalized spacial score (nSPS) is 15.7. The summed E-state index contributed by atoms with van der Waals surface area (Å²) in [6.07, 6.45) is 1.67. The van der Waals surface area contributed by atoms with Crippen molar-refractivity contribution in [3.05, 3.63) is 28.2 Å². The largest absolute Gasteiger partial charge is 0.364 e. The SMILES string of the molecule is Cc1cc(=O)c(-c2nc(N3CCNCC3)n[nH]2)c[nH]1. The van der Waals surface area contributed by atoms with Crippen molar-refractivity contribution in [2.45, 2.75) is 6.92 Å². The van der Waals surface area contributed by atoms with Gasteiger partial charge in [0.1, 0.15) is 0 Å². The molecule has 0 atom stereocenters. The van der Waals surface area contributed by atoms with E-state index in [4.69, 9.17) is 0 Å². The average molecular weight is 260 g/mol. The smallest absolute Gasteiger partial charge is 0.245 e. The Hall–Kier alpha value is -2.15. The van der Waals surface area contributed by atoms with Crippen LogP contribution in [-0.2, 0) is 0 Å². The highest BCUT2D eigenvalue weighted by atomic mass is 16.1. The van der Waals surface area contributed by atoms with E-state index < -0.39 is 0 Å². The summed E-state index contributed by atoms with van der Waals surface area (Å²) in [6.45, 7) is 5.45. The average Bonchev–Trinajstić information content (AvgIpc) is 2.89. The van der Waals surface area contributed by atoms with Crippen LogP contribution in [0.2, 0.25) is 0 Å². The Bertz CT molecular complexity index is 625. The third kappa shape index (κ3) is 2.37. The van der Waals surface area contributed by atoms with Crippen molar-refractivity contribution < 1.29 is 0 Å². The van der Waals surface area contributed by atoms with Crippen LogP contribution in [0.3, 0.4) is 0 Å². The van der Waals surface area contributed by atoms with Crippen LogP contribution in [0, 0.1) is 6.92 Å². The van der Waals surface area contributed by atoms with Crippen LogP contribution in [0.5, 0.6) is 0 Å². The van der Waals surface area contributed by atoms with Crippen LogP contribution in [-0.4, -0.2) is 46.3 Å². The van der Waals surface area contributed by atoms with E-state index in [1.807, 2.05) is 6.92 Å². The summed E-state index contributed by atoms with van der Waals surface area (Å²) in [5.41, 5.74) is 1.29. The lowest BCUT2D eigenvalue weighted by Gasteiger charge is -2.25. The number of nitrogens with one attached hydrogen (secondary N) is 3. The van der Waals surface area contributed by atoms with E-state index in [9.17, 15) is 4.79 Å². The zero-order chi connectivity index (χ0) is 13.2. The third-order valence-electron chi connectivity index (χ3n) is 3.19. The van der Waals surface area contributed by atoms with Gasteiger partial charge >= 0.3 is 0 Å². The van der Waals surface area contributed by atoms with Crippen molar-refractivity contribution in [3.8, 4) is 11.4 Å². The van der Waals surface area contributed by atoms with Crippen molar-refractivity contribution in [3.63, 3.8) is 0 Å². The van der Waals surface area contributed by atoms with Crippen molar-refractivity contribution >= 4 is 5.95 Å². The number of aromatic amines is 2. The summed E-state index contributed by atoms with van der Waals surface area (Å²) in [4.78, 5) is 21.4. The van der Waals surface area contributed by atoms with Gasteiger partial charge in [-0.2, -0.15) is 4.98 Å². The van der Waals surface area contributed by atoms with Gasteiger partial charge in [-0.1, -0.05) is 0 Å². The molecular formula is C12H16N6O. The Morgan fingerprint density at radius 2 is 2.11 bits per heavy atom. The first-order valence-electron chi connectivity index (χ1n) is 6.32. The molecule has 2 aromatic rings. The molecule has 1 saturated heterocycles. The van der Waals surface area contributed by atoms with Crippen molar-refractivity contribution in [2.24, 2.45) is 0 Å². The molecule has 0 spiro atoms. The van der Waals surface area contributed by atoms with Gasteiger partial charge < -0.3 is 15.2 Å². The van der Waals surface area contributed by atoms with Crippen LogP contribution in [0.15, 0.2) is 17.1 Å². The number of H-pyrrole nitrogens is 2. The lowest BCUT2D eigenvalue weighted by molar-refractivity contribution is 0.580. The summed E-state index contributed by atoms with van der Waals surface area (Å²) < 4.78 is 0. The molecule has 1 aliphatic heterocycles. The lowest BCUT2D eigenvalue weighted by Crippen LogP contribution is -2.44. The third-order valence-corrected chi connectivity index (χ3v) is 3.19. The number of hydrogen-bond donors (Lipinski definition) is 3. The Morgan fingerprint density at radius 3 is 2.84 bits per heavy atom. The van der Waals surface area contributed by atoms with Gasteiger partial charge in [-0.3, -0.25) is 9.89 Å². The Kier molecular flexibility index (Phi) is 3.04. The molecule has 2 aromatic heterocycles. The number of pyridine rings is 1. The molecular weight excluding hydrogens is 244 g/mol. The molecule has 3 rings (SSSR count). The fourth-order valence-electron chi connectivity index (χ4n) is 2.14. The molecule has 0 saturated carbocycles. The maximum absolute atomic E-state index is 11.9. The van der Waals surface area contributed by atoms with Crippen LogP contribution >= 0.6 is 0 Å². The second kappa shape index (κ2) is 4.85. The maximum atomic E-state index is 11.9. The van der Waals surface area contributed by atoms with Gasteiger partial charge in [0.2, 0.25) is 5.95 Å². The number of piperazine rings is 1. The molecule has 1 aliphatic rings. The van der Waals surface area contributed by atoms with Crippen molar-refractivity contribution in [1.82, 2.24) is 25.5 Å². The Morgan fingerprint density at radius 1 is 1.32 bits per heavy atom. The first kappa shape index (κ1) is 11.9. The molecule has 0 aliphatic carbocycles. The van der Waals surface area contributed by atoms with E-state index in [1.165, 1.54) is 0 Å². The predicted octanol–water partition coefficient (Wildman–Crippen LogP) is -0.122. The summed E-state index contributed by atoms with van der Waals surface area (Å²) in [7, 11) is 0. The summed E-state index contributed by atoms with van der Waals surface area (Å²) in [6, 6.07) is 1.56. The summed E-state index contributed by atoms with van der Waals surface area (Å²) in [5.74, 6) is 1.16. The van der Waals surface area contributed by atoms with Gasteiger partial charge in [0, 0.05) is 44.1 Å². The minimum Gasteiger partial charge on any atom is -0.364 e. The first-order valence-corrected chi connectivity index (χ1v) is 6.32. The van der Waals surface area contributed by atoms with E-state index in [1.54, 1.807) is 12.3 Å². The standard InChI is InChI=1S/C12H16N6O/c1-8-6-10(19)9(7-14-8)11-15-12(17-16-11)18-4-2-13-3-5-18/h6-7,13H,2-5H2,1H3,(H,14,19)(H,15,16,17). The number of anilines is 1.